The maximum absolute atomic E-state index is 12.0. The second-order valence-corrected chi connectivity index (χ2v) is 5.83. The Morgan fingerprint density at radius 2 is 2.04 bits per heavy atom. The van der Waals surface area contributed by atoms with E-state index in [-0.39, 0.29) is 6.61 Å². The first-order chi connectivity index (χ1) is 11.1. The summed E-state index contributed by atoms with van der Waals surface area (Å²) in [6.45, 7) is 4.04. The largest absolute Gasteiger partial charge is 0.455 e. The van der Waals surface area contributed by atoms with Crippen molar-refractivity contribution in [2.45, 2.75) is 32.8 Å². The number of anilines is 1. The zero-order chi connectivity index (χ0) is 16.2. The fourth-order valence-electron chi connectivity index (χ4n) is 2.68. The van der Waals surface area contributed by atoms with Gasteiger partial charge in [0.2, 0.25) is 5.95 Å². The summed E-state index contributed by atoms with van der Waals surface area (Å²) < 4.78 is 6.89. The first kappa shape index (κ1) is 15.5. The number of carbonyl (C=O) groups excluding carboxylic acids is 1. The van der Waals surface area contributed by atoms with Crippen molar-refractivity contribution >= 4 is 11.9 Å². The van der Waals surface area contributed by atoms with E-state index in [2.05, 4.69) is 20.0 Å². The Kier molecular flexibility index (Phi) is 4.55. The van der Waals surface area contributed by atoms with E-state index in [0.717, 1.165) is 30.4 Å². The molecule has 23 heavy (non-hydrogen) atoms. The molecule has 1 fully saturated rings. The summed E-state index contributed by atoms with van der Waals surface area (Å²) in [5.41, 5.74) is 2.04. The van der Waals surface area contributed by atoms with Crippen LogP contribution in [0.1, 0.15) is 41.0 Å². The number of aromatic nitrogens is 4. The molecular weight excluding hydrogens is 294 g/mol. The summed E-state index contributed by atoms with van der Waals surface area (Å²) in [5, 5.41) is 3.97. The lowest BCUT2D eigenvalue weighted by molar-refractivity contribution is 0.0467. The van der Waals surface area contributed by atoms with Crippen LogP contribution in [0.15, 0.2) is 18.5 Å². The Labute approximate surface area is 135 Å². The van der Waals surface area contributed by atoms with Crippen LogP contribution in [0.5, 0.6) is 0 Å². The lowest BCUT2D eigenvalue weighted by atomic mass is 10.1. The number of piperidine rings is 1. The highest BCUT2D eigenvalue weighted by molar-refractivity contribution is 5.88. The summed E-state index contributed by atoms with van der Waals surface area (Å²) in [7, 11) is 1.76. The van der Waals surface area contributed by atoms with E-state index >= 15 is 0 Å². The van der Waals surface area contributed by atoms with E-state index in [9.17, 15) is 4.79 Å². The van der Waals surface area contributed by atoms with Crippen LogP contribution in [-0.2, 0) is 18.4 Å². The molecule has 7 nitrogen and oxygen atoms in total. The maximum Gasteiger partial charge on any atom is 0.341 e. The highest BCUT2D eigenvalue weighted by atomic mass is 16.5. The van der Waals surface area contributed by atoms with Gasteiger partial charge < -0.3 is 9.64 Å². The molecule has 122 valence electrons. The van der Waals surface area contributed by atoms with Gasteiger partial charge >= 0.3 is 5.97 Å². The molecule has 0 bridgehead atoms. The predicted molar refractivity (Wildman–Crippen MR) is 85.2 cm³/mol. The molecule has 0 aromatic carbocycles. The summed E-state index contributed by atoms with van der Waals surface area (Å²) in [6.07, 6.45) is 6.72. The van der Waals surface area contributed by atoms with Crippen LogP contribution in [0.4, 0.5) is 5.95 Å². The van der Waals surface area contributed by atoms with Crippen LogP contribution in [0.25, 0.3) is 0 Å². The lowest BCUT2D eigenvalue weighted by Crippen LogP contribution is -2.31. The van der Waals surface area contributed by atoms with Gasteiger partial charge in [-0.05, 0) is 32.3 Å². The minimum absolute atomic E-state index is 0.137. The number of ether oxygens (including phenoxy) is 1. The van der Waals surface area contributed by atoms with Gasteiger partial charge in [-0.25, -0.2) is 14.8 Å². The number of nitrogens with zero attached hydrogens (tertiary/aromatic N) is 5. The van der Waals surface area contributed by atoms with Crippen LogP contribution in [0.3, 0.4) is 0 Å². The van der Waals surface area contributed by atoms with Gasteiger partial charge in [-0.2, -0.15) is 5.10 Å². The third-order valence-corrected chi connectivity index (χ3v) is 3.83. The molecule has 0 N–H and O–H groups in total. The summed E-state index contributed by atoms with van der Waals surface area (Å²) in [4.78, 5) is 23.2. The van der Waals surface area contributed by atoms with Gasteiger partial charge in [-0.15, -0.1) is 0 Å². The Morgan fingerprint density at radius 1 is 1.26 bits per heavy atom. The normalized spacial score (nSPS) is 14.8. The van der Waals surface area contributed by atoms with E-state index in [4.69, 9.17) is 4.74 Å². The molecule has 3 heterocycles. The lowest BCUT2D eigenvalue weighted by Gasteiger charge is -2.27. The molecule has 0 spiro atoms. The van der Waals surface area contributed by atoms with Gasteiger partial charge in [0.15, 0.2) is 0 Å². The summed E-state index contributed by atoms with van der Waals surface area (Å²) in [5.74, 6) is 0.339. The molecule has 7 heteroatoms. The third-order valence-electron chi connectivity index (χ3n) is 3.83. The standard InChI is InChI=1S/C16H21N5O2/c1-12-8-14(11-23-15(22)13-9-17-20(2)10-13)19-16(18-12)21-6-4-3-5-7-21/h8-10H,3-7,11H2,1-2H3. The zero-order valence-corrected chi connectivity index (χ0v) is 13.5. The van der Waals surface area contributed by atoms with Crippen molar-refractivity contribution in [3.05, 3.63) is 35.4 Å². The van der Waals surface area contributed by atoms with Crippen molar-refractivity contribution in [3.8, 4) is 0 Å². The second-order valence-electron chi connectivity index (χ2n) is 5.83. The Bertz CT molecular complexity index is 692. The first-order valence-corrected chi connectivity index (χ1v) is 7.87. The van der Waals surface area contributed by atoms with Crippen LogP contribution in [-0.4, -0.2) is 38.8 Å². The van der Waals surface area contributed by atoms with Crippen molar-refractivity contribution in [3.63, 3.8) is 0 Å². The van der Waals surface area contributed by atoms with Gasteiger partial charge in [0.05, 0.1) is 17.5 Å². The topological polar surface area (TPSA) is 73.1 Å². The molecule has 0 radical (unpaired) electrons. The van der Waals surface area contributed by atoms with Crippen LogP contribution in [0, 0.1) is 6.92 Å². The number of aryl methyl sites for hydroxylation is 2. The smallest absolute Gasteiger partial charge is 0.341 e. The van der Waals surface area contributed by atoms with Crippen LogP contribution < -0.4 is 4.90 Å². The predicted octanol–water partition coefficient (Wildman–Crippen LogP) is 1.87. The minimum Gasteiger partial charge on any atom is -0.455 e. The zero-order valence-electron chi connectivity index (χ0n) is 13.5. The molecule has 1 aliphatic heterocycles. The molecule has 0 amide bonds. The molecule has 0 aliphatic carbocycles. The average molecular weight is 315 g/mol. The van der Waals surface area contributed by atoms with Crippen molar-refractivity contribution < 1.29 is 9.53 Å². The van der Waals surface area contributed by atoms with E-state index in [1.807, 2.05) is 13.0 Å². The number of rotatable bonds is 4. The van der Waals surface area contributed by atoms with Crippen molar-refractivity contribution in [1.29, 1.82) is 0 Å². The summed E-state index contributed by atoms with van der Waals surface area (Å²) >= 11 is 0. The van der Waals surface area contributed by atoms with Crippen LogP contribution in [0.2, 0.25) is 0 Å². The van der Waals surface area contributed by atoms with E-state index in [1.54, 1.807) is 17.9 Å². The molecule has 0 saturated carbocycles. The van der Waals surface area contributed by atoms with Crippen LogP contribution >= 0.6 is 0 Å². The Hall–Kier alpha value is -2.44. The van der Waals surface area contributed by atoms with Crippen molar-refractivity contribution in [2.24, 2.45) is 7.05 Å². The highest BCUT2D eigenvalue weighted by Gasteiger charge is 2.16. The van der Waals surface area contributed by atoms with E-state index in [0.29, 0.717) is 5.56 Å². The molecular formula is C16H21N5O2. The minimum atomic E-state index is -0.395. The van der Waals surface area contributed by atoms with Gasteiger partial charge in [0, 0.05) is 32.0 Å². The monoisotopic (exact) mass is 315 g/mol. The Balaban J connectivity index is 1.67. The van der Waals surface area contributed by atoms with Crippen molar-refractivity contribution in [2.75, 3.05) is 18.0 Å². The molecule has 1 saturated heterocycles. The maximum atomic E-state index is 12.0. The highest BCUT2D eigenvalue weighted by Crippen LogP contribution is 2.17. The molecule has 2 aromatic heterocycles. The SMILES string of the molecule is Cc1cc(COC(=O)c2cnn(C)c2)nc(N2CCCCC2)n1. The average Bonchev–Trinajstić information content (AvgIpc) is 2.99. The van der Waals surface area contributed by atoms with E-state index < -0.39 is 5.97 Å². The molecule has 2 aromatic rings. The molecule has 3 rings (SSSR count). The van der Waals surface area contributed by atoms with Gasteiger partial charge in [0.1, 0.15) is 6.61 Å². The van der Waals surface area contributed by atoms with Gasteiger partial charge in [-0.3, -0.25) is 4.68 Å². The Morgan fingerprint density at radius 3 is 2.74 bits per heavy atom. The second kappa shape index (κ2) is 6.76. The van der Waals surface area contributed by atoms with Gasteiger partial charge in [0.25, 0.3) is 0 Å². The first-order valence-electron chi connectivity index (χ1n) is 7.87. The fourth-order valence-corrected chi connectivity index (χ4v) is 2.68. The van der Waals surface area contributed by atoms with E-state index in [1.165, 1.54) is 25.5 Å². The molecule has 0 atom stereocenters. The number of hydrogen-bond acceptors (Lipinski definition) is 6. The van der Waals surface area contributed by atoms with Gasteiger partial charge in [-0.1, -0.05) is 0 Å². The quantitative estimate of drug-likeness (QED) is 0.802. The number of esters is 1. The number of hydrogen-bond donors (Lipinski definition) is 0. The summed E-state index contributed by atoms with van der Waals surface area (Å²) in [6, 6.07) is 1.85. The molecule has 1 aliphatic rings. The number of carbonyl (C=O) groups is 1. The fraction of sp³-hybridized carbons (Fsp3) is 0.500. The third kappa shape index (κ3) is 3.85. The van der Waals surface area contributed by atoms with Crippen molar-refractivity contribution in [1.82, 2.24) is 19.7 Å². The molecule has 0 unspecified atom stereocenters.